The van der Waals surface area contributed by atoms with Gasteiger partial charge in [-0.05, 0) is 38.6 Å². The van der Waals surface area contributed by atoms with Gasteiger partial charge in [-0.1, -0.05) is 11.6 Å². The molecule has 0 radical (unpaired) electrons. The number of nitrogen functional groups attached to an aromatic ring is 1. The summed E-state index contributed by atoms with van der Waals surface area (Å²) in [4.78, 5) is 20.3. The molecule has 5 nitrogen and oxygen atoms in total. The van der Waals surface area contributed by atoms with Gasteiger partial charge in [0.05, 0.1) is 5.02 Å². The molecule has 1 aromatic rings. The molecule has 1 aromatic heterocycles. The molecular weight excluding hydrogens is 264 g/mol. The van der Waals surface area contributed by atoms with Gasteiger partial charge in [0.15, 0.2) is 0 Å². The number of carbonyl (C=O) groups excluding carboxylic acids is 1. The summed E-state index contributed by atoms with van der Waals surface area (Å²) in [6.07, 6.45) is 2.30. The summed E-state index contributed by atoms with van der Waals surface area (Å²) in [7, 11) is 3.86. The summed E-state index contributed by atoms with van der Waals surface area (Å²) in [6, 6.07) is 3.60. The van der Waals surface area contributed by atoms with Crippen LogP contribution in [0.2, 0.25) is 5.02 Å². The van der Waals surface area contributed by atoms with Crippen molar-refractivity contribution >= 4 is 23.3 Å². The second kappa shape index (κ2) is 5.75. The Balaban J connectivity index is 2.08. The first-order valence-corrected chi connectivity index (χ1v) is 6.74. The van der Waals surface area contributed by atoms with Crippen molar-refractivity contribution < 1.29 is 4.79 Å². The number of nitrogens with two attached hydrogens (primary N) is 1. The van der Waals surface area contributed by atoms with Crippen molar-refractivity contribution in [3.05, 3.63) is 22.8 Å². The van der Waals surface area contributed by atoms with Gasteiger partial charge in [-0.3, -0.25) is 4.79 Å². The van der Waals surface area contributed by atoms with Crippen molar-refractivity contribution in [3.63, 3.8) is 0 Å². The van der Waals surface area contributed by atoms with Crippen LogP contribution in [0.1, 0.15) is 23.3 Å². The van der Waals surface area contributed by atoms with Crippen molar-refractivity contribution in [3.8, 4) is 0 Å². The average Bonchev–Trinajstić information content (AvgIpc) is 2.77. The zero-order valence-corrected chi connectivity index (χ0v) is 12.0. The van der Waals surface area contributed by atoms with Crippen molar-refractivity contribution in [2.45, 2.75) is 18.9 Å². The Morgan fingerprint density at radius 3 is 3.00 bits per heavy atom. The van der Waals surface area contributed by atoms with Crippen molar-refractivity contribution in [1.82, 2.24) is 14.8 Å². The van der Waals surface area contributed by atoms with Gasteiger partial charge in [0, 0.05) is 19.6 Å². The fourth-order valence-corrected chi connectivity index (χ4v) is 2.58. The number of carbonyl (C=O) groups is 1. The first kappa shape index (κ1) is 14.1. The van der Waals surface area contributed by atoms with E-state index in [0.29, 0.717) is 23.4 Å². The number of likely N-dealkylation sites (N-methyl/N-ethyl adjacent to an activating group) is 2. The van der Waals surface area contributed by atoms with Gasteiger partial charge in [-0.2, -0.15) is 0 Å². The minimum absolute atomic E-state index is 0.183. The second-order valence-electron chi connectivity index (χ2n) is 5.03. The van der Waals surface area contributed by atoms with Crippen LogP contribution in [-0.2, 0) is 0 Å². The van der Waals surface area contributed by atoms with E-state index in [-0.39, 0.29) is 11.6 Å². The van der Waals surface area contributed by atoms with Gasteiger partial charge in [0.1, 0.15) is 11.5 Å². The molecule has 1 aliphatic rings. The number of rotatable bonds is 3. The number of likely N-dealkylation sites (tertiary alicyclic amines) is 1. The molecule has 19 heavy (non-hydrogen) atoms. The largest absolute Gasteiger partial charge is 0.384 e. The molecule has 1 unspecified atom stereocenters. The van der Waals surface area contributed by atoms with Crippen LogP contribution >= 0.6 is 11.6 Å². The Kier molecular flexibility index (Phi) is 4.27. The van der Waals surface area contributed by atoms with Crippen LogP contribution in [0.3, 0.4) is 0 Å². The molecule has 0 saturated carbocycles. The van der Waals surface area contributed by atoms with Crippen LogP contribution in [0.25, 0.3) is 0 Å². The highest BCUT2D eigenvalue weighted by Crippen LogP contribution is 2.19. The van der Waals surface area contributed by atoms with Crippen LogP contribution in [-0.4, -0.2) is 53.9 Å². The molecule has 1 amide bonds. The molecule has 2 rings (SSSR count). The molecular formula is C13H19ClN4O. The number of halogens is 1. The minimum atomic E-state index is -0.183. The van der Waals surface area contributed by atoms with Gasteiger partial charge < -0.3 is 15.5 Å². The second-order valence-corrected chi connectivity index (χ2v) is 5.44. The lowest BCUT2D eigenvalue weighted by atomic mass is 10.2. The van der Waals surface area contributed by atoms with E-state index in [1.165, 1.54) is 6.42 Å². The topological polar surface area (TPSA) is 62.5 Å². The zero-order chi connectivity index (χ0) is 14.0. The molecule has 0 aliphatic carbocycles. The van der Waals surface area contributed by atoms with Gasteiger partial charge in [-0.15, -0.1) is 0 Å². The summed E-state index contributed by atoms with van der Waals surface area (Å²) < 4.78 is 0. The van der Waals surface area contributed by atoms with Crippen molar-refractivity contribution in [2.75, 3.05) is 32.9 Å². The summed E-state index contributed by atoms with van der Waals surface area (Å²) in [6.45, 7) is 1.77. The highest BCUT2D eigenvalue weighted by Gasteiger charge is 2.25. The summed E-state index contributed by atoms with van der Waals surface area (Å²) in [5.74, 6) is 0.122. The Labute approximate surface area is 118 Å². The maximum Gasteiger partial charge on any atom is 0.273 e. The van der Waals surface area contributed by atoms with E-state index in [9.17, 15) is 4.79 Å². The number of nitrogens with zero attached hydrogens (tertiary/aromatic N) is 3. The van der Waals surface area contributed by atoms with Crippen LogP contribution in [0, 0.1) is 0 Å². The van der Waals surface area contributed by atoms with Gasteiger partial charge in [0.2, 0.25) is 0 Å². The van der Waals surface area contributed by atoms with Crippen molar-refractivity contribution in [1.29, 1.82) is 0 Å². The van der Waals surface area contributed by atoms with Crippen LogP contribution in [0.4, 0.5) is 5.82 Å². The van der Waals surface area contributed by atoms with Gasteiger partial charge in [-0.25, -0.2) is 4.98 Å². The Hall–Kier alpha value is -1.33. The highest BCUT2D eigenvalue weighted by molar-refractivity contribution is 6.33. The third kappa shape index (κ3) is 3.16. The standard InChI is InChI=1S/C13H19ClN4O/c1-17-7-3-4-9(17)8-18(2)13(19)12-10(14)5-6-11(15)16-12/h5-6,9H,3-4,7-8H2,1-2H3,(H2,15,16). The molecule has 0 spiro atoms. The van der Waals surface area contributed by atoms with Crippen molar-refractivity contribution in [2.24, 2.45) is 0 Å². The zero-order valence-electron chi connectivity index (χ0n) is 11.3. The maximum atomic E-state index is 12.3. The van der Waals surface area contributed by atoms with Gasteiger partial charge in [0.25, 0.3) is 5.91 Å². The predicted octanol–water partition coefficient (Wildman–Crippen LogP) is 1.48. The average molecular weight is 283 g/mol. The summed E-state index contributed by atoms with van der Waals surface area (Å²) in [5.41, 5.74) is 5.83. The fraction of sp³-hybridized carbons (Fsp3) is 0.538. The first-order chi connectivity index (χ1) is 8.99. The molecule has 0 bridgehead atoms. The number of hydrogen-bond acceptors (Lipinski definition) is 4. The van der Waals surface area contributed by atoms with Gasteiger partial charge >= 0.3 is 0 Å². The smallest absolute Gasteiger partial charge is 0.273 e. The number of pyridine rings is 1. The molecule has 104 valence electrons. The van der Waals surface area contributed by atoms with E-state index in [1.54, 1.807) is 24.1 Å². The monoisotopic (exact) mass is 282 g/mol. The Bertz CT molecular complexity index is 480. The summed E-state index contributed by atoms with van der Waals surface area (Å²) >= 11 is 6.00. The van der Waals surface area contributed by atoms with Crippen LogP contribution in [0.5, 0.6) is 0 Å². The molecule has 1 aliphatic heterocycles. The molecule has 0 aromatic carbocycles. The van der Waals surface area contributed by atoms with E-state index < -0.39 is 0 Å². The maximum absolute atomic E-state index is 12.3. The molecule has 1 fully saturated rings. The molecule has 1 saturated heterocycles. The highest BCUT2D eigenvalue weighted by atomic mass is 35.5. The predicted molar refractivity (Wildman–Crippen MR) is 76.3 cm³/mol. The first-order valence-electron chi connectivity index (χ1n) is 6.36. The number of anilines is 1. The number of amides is 1. The van der Waals surface area contributed by atoms with Crippen LogP contribution < -0.4 is 5.73 Å². The van der Waals surface area contributed by atoms with E-state index in [1.807, 2.05) is 0 Å². The summed E-state index contributed by atoms with van der Waals surface area (Å²) in [5, 5.41) is 0.339. The molecule has 1 atom stereocenters. The molecule has 6 heteroatoms. The fourth-order valence-electron chi connectivity index (χ4n) is 2.40. The van der Waals surface area contributed by atoms with E-state index in [2.05, 4.69) is 16.9 Å². The quantitative estimate of drug-likeness (QED) is 0.912. The van der Waals surface area contributed by atoms with Crippen LogP contribution in [0.15, 0.2) is 12.1 Å². The third-order valence-electron chi connectivity index (χ3n) is 3.57. The Morgan fingerprint density at radius 1 is 1.63 bits per heavy atom. The third-order valence-corrected chi connectivity index (χ3v) is 3.88. The molecule has 2 heterocycles. The SMILES string of the molecule is CN(CC1CCCN1C)C(=O)c1nc(N)ccc1Cl. The van der Waals surface area contributed by atoms with E-state index >= 15 is 0 Å². The lowest BCUT2D eigenvalue weighted by molar-refractivity contribution is 0.0756. The minimum Gasteiger partial charge on any atom is -0.384 e. The van der Waals surface area contributed by atoms with E-state index in [0.717, 1.165) is 13.0 Å². The number of aromatic nitrogens is 1. The number of hydrogen-bond donors (Lipinski definition) is 1. The normalized spacial score (nSPS) is 19.6. The lowest BCUT2D eigenvalue weighted by Gasteiger charge is -2.25. The Morgan fingerprint density at radius 2 is 2.37 bits per heavy atom. The lowest BCUT2D eigenvalue weighted by Crippen LogP contribution is -2.39. The van der Waals surface area contributed by atoms with E-state index in [4.69, 9.17) is 17.3 Å². The molecule has 2 N–H and O–H groups in total.